The van der Waals surface area contributed by atoms with Gasteiger partial charge in [0.25, 0.3) is 0 Å². The summed E-state index contributed by atoms with van der Waals surface area (Å²) in [6.07, 6.45) is 3.47. The molecule has 1 aromatic carbocycles. The highest BCUT2D eigenvalue weighted by molar-refractivity contribution is 14.0. The molecule has 1 fully saturated rings. The Balaban J connectivity index is 0.00000363. The molecule has 2 heterocycles. The summed E-state index contributed by atoms with van der Waals surface area (Å²) in [6.45, 7) is 8.99. The first-order valence-electron chi connectivity index (χ1n) is 10.9. The van der Waals surface area contributed by atoms with E-state index in [1.54, 1.807) is 6.92 Å². The van der Waals surface area contributed by atoms with Crippen LogP contribution in [0, 0.1) is 6.92 Å². The van der Waals surface area contributed by atoms with Crippen molar-refractivity contribution >= 4 is 35.6 Å². The van der Waals surface area contributed by atoms with Crippen molar-refractivity contribution in [2.45, 2.75) is 58.8 Å². The number of halogens is 1. The number of nitrogens with zero attached hydrogens (tertiary/aromatic N) is 3. The Labute approximate surface area is 206 Å². The maximum atomic E-state index is 5.72. The summed E-state index contributed by atoms with van der Waals surface area (Å²) >= 11 is 0. The molecule has 0 amide bonds. The minimum absolute atomic E-state index is 0. The average molecular weight is 559 g/mol. The number of rotatable bonds is 11. The first kappa shape index (κ1) is 26.3. The van der Waals surface area contributed by atoms with Crippen LogP contribution in [0.3, 0.4) is 0 Å². The largest absolute Gasteiger partial charge is 0.491 e. The minimum atomic E-state index is 0. The number of guanidine groups is 1. The molecule has 1 atom stereocenters. The molecule has 0 bridgehead atoms. The zero-order valence-corrected chi connectivity index (χ0v) is 21.3. The van der Waals surface area contributed by atoms with Gasteiger partial charge in [-0.15, -0.1) is 24.0 Å². The van der Waals surface area contributed by atoms with Gasteiger partial charge in [-0.1, -0.05) is 5.16 Å². The second-order valence-electron chi connectivity index (χ2n) is 7.71. The number of aryl methyl sites for hydroxylation is 1. The summed E-state index contributed by atoms with van der Waals surface area (Å²) in [5.74, 6) is 2.53. The van der Waals surface area contributed by atoms with E-state index in [1.165, 1.54) is 0 Å². The summed E-state index contributed by atoms with van der Waals surface area (Å²) in [5, 5.41) is 10.4. The van der Waals surface area contributed by atoms with Gasteiger partial charge in [0.2, 0.25) is 5.89 Å². The first-order chi connectivity index (χ1) is 15.1. The van der Waals surface area contributed by atoms with Crippen molar-refractivity contribution in [2.24, 2.45) is 4.99 Å². The Morgan fingerprint density at radius 2 is 2.09 bits per heavy atom. The predicted molar refractivity (Wildman–Crippen MR) is 134 cm³/mol. The third kappa shape index (κ3) is 9.70. The van der Waals surface area contributed by atoms with Crippen molar-refractivity contribution in [3.05, 3.63) is 36.0 Å². The molecule has 2 aromatic rings. The van der Waals surface area contributed by atoms with Crippen molar-refractivity contribution < 1.29 is 18.7 Å². The number of benzene rings is 1. The highest BCUT2D eigenvalue weighted by Crippen LogP contribution is 2.17. The van der Waals surface area contributed by atoms with Crippen LogP contribution in [0.1, 0.15) is 44.8 Å². The monoisotopic (exact) mass is 559 g/mol. The number of aliphatic imine (C=N–C) groups is 1. The standard InChI is InChI=1S/C22H33N5O4.HI/c1-16(2)30-19-9-7-18(8-10-19)26-22(24-14-21-25-17(3)27-31-21)23-11-5-12-28-15-20-6-4-13-29-20;/h7-10,16,20H,4-6,11-15H2,1-3H3,(H2,23,24,26);1H. The first-order valence-corrected chi connectivity index (χ1v) is 10.9. The Hall–Kier alpha value is -1.92. The number of nitrogens with one attached hydrogen (secondary N) is 2. The molecule has 1 aliphatic heterocycles. The summed E-state index contributed by atoms with van der Waals surface area (Å²) < 4.78 is 22.1. The van der Waals surface area contributed by atoms with Crippen LogP contribution >= 0.6 is 24.0 Å². The van der Waals surface area contributed by atoms with Crippen molar-refractivity contribution in [3.63, 3.8) is 0 Å². The third-order valence-electron chi connectivity index (χ3n) is 4.52. The van der Waals surface area contributed by atoms with Gasteiger partial charge in [-0.3, -0.25) is 0 Å². The molecule has 10 heteroatoms. The molecule has 2 N–H and O–H groups in total. The Morgan fingerprint density at radius 3 is 2.75 bits per heavy atom. The molecule has 0 radical (unpaired) electrons. The minimum Gasteiger partial charge on any atom is -0.491 e. The van der Waals surface area contributed by atoms with E-state index in [0.717, 1.165) is 43.9 Å². The fraction of sp³-hybridized carbons (Fsp3) is 0.591. The van der Waals surface area contributed by atoms with Crippen LogP contribution in [0.25, 0.3) is 0 Å². The van der Waals surface area contributed by atoms with Crippen LogP contribution in [-0.4, -0.2) is 54.7 Å². The van der Waals surface area contributed by atoms with Gasteiger partial charge in [0.05, 0.1) is 18.8 Å². The highest BCUT2D eigenvalue weighted by atomic mass is 127. The lowest BCUT2D eigenvalue weighted by atomic mass is 10.2. The van der Waals surface area contributed by atoms with Crippen LogP contribution in [0.2, 0.25) is 0 Å². The molecule has 9 nitrogen and oxygen atoms in total. The van der Waals surface area contributed by atoms with Gasteiger partial charge in [-0.2, -0.15) is 4.98 Å². The van der Waals surface area contributed by atoms with Gasteiger partial charge < -0.3 is 29.4 Å². The Kier molecular flexibility index (Phi) is 11.7. The topological polar surface area (TPSA) is 103 Å². The molecular formula is C22H34IN5O4. The fourth-order valence-electron chi connectivity index (χ4n) is 3.09. The second-order valence-corrected chi connectivity index (χ2v) is 7.71. The number of ether oxygens (including phenoxy) is 3. The van der Waals surface area contributed by atoms with Crippen LogP contribution in [0.15, 0.2) is 33.8 Å². The zero-order chi connectivity index (χ0) is 21.9. The molecule has 32 heavy (non-hydrogen) atoms. The third-order valence-corrected chi connectivity index (χ3v) is 4.52. The lowest BCUT2D eigenvalue weighted by Gasteiger charge is -2.14. The zero-order valence-electron chi connectivity index (χ0n) is 19.0. The van der Waals surface area contributed by atoms with E-state index in [-0.39, 0.29) is 36.2 Å². The molecule has 178 valence electrons. The lowest BCUT2D eigenvalue weighted by Crippen LogP contribution is -2.32. The van der Waals surface area contributed by atoms with Crippen LogP contribution in [0.4, 0.5) is 5.69 Å². The highest BCUT2D eigenvalue weighted by Gasteiger charge is 2.15. The number of aromatic nitrogens is 2. The summed E-state index contributed by atoms with van der Waals surface area (Å²) in [4.78, 5) is 8.76. The SMILES string of the molecule is Cc1noc(CN=C(NCCCOCC2CCCO2)Nc2ccc(OC(C)C)cc2)n1.I. The van der Waals surface area contributed by atoms with E-state index in [1.807, 2.05) is 38.1 Å². The molecular weight excluding hydrogens is 525 g/mol. The van der Waals surface area contributed by atoms with E-state index < -0.39 is 0 Å². The predicted octanol–water partition coefficient (Wildman–Crippen LogP) is 3.93. The molecule has 0 spiro atoms. The Morgan fingerprint density at radius 1 is 1.28 bits per heavy atom. The van der Waals surface area contributed by atoms with Gasteiger partial charge in [0.1, 0.15) is 12.3 Å². The number of hydrogen-bond donors (Lipinski definition) is 2. The van der Waals surface area contributed by atoms with Crippen LogP contribution in [0.5, 0.6) is 5.75 Å². The van der Waals surface area contributed by atoms with Crippen LogP contribution < -0.4 is 15.4 Å². The smallest absolute Gasteiger partial charge is 0.248 e. The fourth-order valence-corrected chi connectivity index (χ4v) is 3.09. The summed E-state index contributed by atoms with van der Waals surface area (Å²) in [6, 6.07) is 7.77. The maximum absolute atomic E-state index is 5.72. The van der Waals surface area contributed by atoms with E-state index in [9.17, 15) is 0 Å². The average Bonchev–Trinajstić information content (AvgIpc) is 3.41. The lowest BCUT2D eigenvalue weighted by molar-refractivity contribution is 0.0168. The number of hydrogen-bond acceptors (Lipinski definition) is 7. The van der Waals surface area contributed by atoms with Gasteiger partial charge in [0.15, 0.2) is 11.8 Å². The molecule has 1 aromatic heterocycles. The van der Waals surface area contributed by atoms with E-state index >= 15 is 0 Å². The van der Waals surface area contributed by atoms with Crippen molar-refractivity contribution in [1.82, 2.24) is 15.5 Å². The van der Waals surface area contributed by atoms with Crippen molar-refractivity contribution in [1.29, 1.82) is 0 Å². The molecule has 0 saturated carbocycles. The van der Waals surface area contributed by atoms with Gasteiger partial charge in [-0.25, -0.2) is 4.99 Å². The quantitative estimate of drug-likeness (QED) is 0.185. The summed E-state index contributed by atoms with van der Waals surface area (Å²) in [5.41, 5.74) is 0.902. The van der Waals surface area contributed by atoms with Gasteiger partial charge in [0, 0.05) is 25.4 Å². The summed E-state index contributed by atoms with van der Waals surface area (Å²) in [7, 11) is 0. The van der Waals surface area contributed by atoms with E-state index in [0.29, 0.717) is 37.4 Å². The van der Waals surface area contributed by atoms with Gasteiger partial charge >= 0.3 is 0 Å². The maximum Gasteiger partial charge on any atom is 0.248 e. The Bertz CT molecular complexity index is 807. The van der Waals surface area contributed by atoms with Crippen molar-refractivity contribution in [3.8, 4) is 5.75 Å². The molecule has 0 aliphatic carbocycles. The molecule has 1 unspecified atom stereocenters. The normalized spacial score (nSPS) is 16.1. The molecule has 3 rings (SSSR count). The van der Waals surface area contributed by atoms with Crippen LogP contribution in [-0.2, 0) is 16.0 Å². The van der Waals surface area contributed by atoms with E-state index in [2.05, 4.69) is 25.8 Å². The number of anilines is 1. The van der Waals surface area contributed by atoms with E-state index in [4.69, 9.17) is 18.7 Å². The van der Waals surface area contributed by atoms with Gasteiger partial charge in [-0.05, 0) is 64.3 Å². The van der Waals surface area contributed by atoms with Crippen molar-refractivity contribution in [2.75, 3.05) is 31.7 Å². The molecule has 1 aliphatic rings. The second kappa shape index (κ2) is 14.3. The molecule has 1 saturated heterocycles.